The third kappa shape index (κ3) is 3.17. The van der Waals surface area contributed by atoms with Crippen molar-refractivity contribution in [2.75, 3.05) is 0 Å². The third-order valence-electron chi connectivity index (χ3n) is 2.51. The van der Waals surface area contributed by atoms with Crippen molar-refractivity contribution in [3.05, 3.63) is 21.9 Å². The number of carbonyl (C=O) groups is 2. The number of thiophene rings is 1. The van der Waals surface area contributed by atoms with Crippen molar-refractivity contribution < 1.29 is 9.59 Å². The zero-order valence-electron chi connectivity index (χ0n) is 10.1. The number of hydrogen-bond donors (Lipinski definition) is 1. The van der Waals surface area contributed by atoms with Gasteiger partial charge in [0, 0.05) is 5.54 Å². The van der Waals surface area contributed by atoms with Crippen LogP contribution in [0.1, 0.15) is 53.5 Å². The van der Waals surface area contributed by atoms with E-state index in [2.05, 4.69) is 5.32 Å². The van der Waals surface area contributed by atoms with Gasteiger partial charge in [-0.25, -0.2) is 0 Å². The Morgan fingerprint density at radius 1 is 1.31 bits per heavy atom. The summed E-state index contributed by atoms with van der Waals surface area (Å²) in [7, 11) is 0. The van der Waals surface area contributed by atoms with E-state index in [0.717, 1.165) is 6.42 Å². The molecular formula is C12H17NO2S. The van der Waals surface area contributed by atoms with Gasteiger partial charge in [0.25, 0.3) is 5.91 Å². The van der Waals surface area contributed by atoms with Crippen molar-refractivity contribution in [2.45, 2.75) is 39.7 Å². The first-order chi connectivity index (χ1) is 7.35. The van der Waals surface area contributed by atoms with E-state index in [9.17, 15) is 9.59 Å². The first-order valence-corrected chi connectivity index (χ1v) is 6.10. The molecule has 0 saturated carbocycles. The Morgan fingerprint density at radius 3 is 2.31 bits per heavy atom. The minimum absolute atomic E-state index is 0.00111. The van der Waals surface area contributed by atoms with Crippen molar-refractivity contribution in [3.63, 3.8) is 0 Å². The number of rotatable bonds is 4. The molecule has 1 heterocycles. The Balaban J connectivity index is 2.77. The maximum Gasteiger partial charge on any atom is 0.261 e. The lowest BCUT2D eigenvalue weighted by molar-refractivity contribution is 0.0915. The van der Waals surface area contributed by atoms with Crippen molar-refractivity contribution in [1.29, 1.82) is 0 Å². The molecule has 0 atom stereocenters. The molecule has 1 aromatic heterocycles. The monoisotopic (exact) mass is 239 g/mol. The summed E-state index contributed by atoms with van der Waals surface area (Å²) in [6.07, 6.45) is 0.865. The molecule has 0 aliphatic heterocycles. The third-order valence-corrected chi connectivity index (χ3v) is 3.70. The molecule has 1 amide bonds. The molecule has 0 bridgehead atoms. The molecule has 1 N–H and O–H groups in total. The van der Waals surface area contributed by atoms with Crippen LogP contribution in [0.2, 0.25) is 0 Å². The molecule has 4 heteroatoms. The smallest absolute Gasteiger partial charge is 0.261 e. The Kier molecular flexibility index (Phi) is 3.86. The Bertz CT molecular complexity index is 407. The number of ketones is 1. The van der Waals surface area contributed by atoms with Gasteiger partial charge in [0.15, 0.2) is 5.78 Å². The van der Waals surface area contributed by atoms with Crippen molar-refractivity contribution in [3.8, 4) is 0 Å². The van der Waals surface area contributed by atoms with Gasteiger partial charge < -0.3 is 5.32 Å². The molecule has 1 rings (SSSR count). The number of Topliss-reactive ketones (excluding diaryl/α,β-unsaturated/α-hetero) is 1. The van der Waals surface area contributed by atoms with E-state index in [1.54, 1.807) is 12.1 Å². The molecule has 1 aromatic rings. The fourth-order valence-electron chi connectivity index (χ4n) is 1.11. The second kappa shape index (κ2) is 4.78. The van der Waals surface area contributed by atoms with Gasteiger partial charge in [0.1, 0.15) is 0 Å². The summed E-state index contributed by atoms with van der Waals surface area (Å²) in [5, 5.41) is 2.93. The Morgan fingerprint density at radius 2 is 1.88 bits per heavy atom. The summed E-state index contributed by atoms with van der Waals surface area (Å²) < 4.78 is 0. The predicted octanol–water partition coefficient (Wildman–Crippen LogP) is 2.87. The first-order valence-electron chi connectivity index (χ1n) is 5.29. The van der Waals surface area contributed by atoms with Crippen LogP contribution in [0.25, 0.3) is 0 Å². The summed E-state index contributed by atoms with van der Waals surface area (Å²) in [4.78, 5) is 24.2. The fourth-order valence-corrected chi connectivity index (χ4v) is 1.90. The summed E-state index contributed by atoms with van der Waals surface area (Å²) in [6.45, 7) is 7.48. The molecular weight excluding hydrogens is 222 g/mol. The van der Waals surface area contributed by atoms with Gasteiger partial charge in [0.05, 0.1) is 9.75 Å². The first kappa shape index (κ1) is 12.9. The lowest BCUT2D eigenvalue weighted by atomic mass is 10.0. The van der Waals surface area contributed by atoms with Gasteiger partial charge in [-0.2, -0.15) is 0 Å². The summed E-state index contributed by atoms with van der Waals surface area (Å²) in [5.41, 5.74) is -0.211. The predicted molar refractivity (Wildman–Crippen MR) is 66.2 cm³/mol. The molecule has 0 aliphatic carbocycles. The highest BCUT2D eigenvalue weighted by Crippen LogP contribution is 2.18. The summed E-state index contributed by atoms with van der Waals surface area (Å²) >= 11 is 1.24. The zero-order valence-corrected chi connectivity index (χ0v) is 10.9. The number of amides is 1. The number of hydrogen-bond acceptors (Lipinski definition) is 3. The van der Waals surface area contributed by atoms with Crippen molar-refractivity contribution >= 4 is 23.0 Å². The number of carbonyl (C=O) groups excluding carboxylic acids is 2. The molecule has 3 nitrogen and oxygen atoms in total. The van der Waals surface area contributed by atoms with E-state index in [4.69, 9.17) is 0 Å². The van der Waals surface area contributed by atoms with Gasteiger partial charge in [-0.1, -0.05) is 6.92 Å². The van der Waals surface area contributed by atoms with Crippen LogP contribution < -0.4 is 5.32 Å². The van der Waals surface area contributed by atoms with E-state index in [0.29, 0.717) is 9.75 Å². The quantitative estimate of drug-likeness (QED) is 0.821. The largest absolute Gasteiger partial charge is 0.346 e. The highest BCUT2D eigenvalue weighted by atomic mass is 32.1. The van der Waals surface area contributed by atoms with Gasteiger partial charge in [-0.15, -0.1) is 11.3 Å². The van der Waals surface area contributed by atoms with E-state index >= 15 is 0 Å². The zero-order chi connectivity index (χ0) is 12.3. The molecule has 16 heavy (non-hydrogen) atoms. The van der Waals surface area contributed by atoms with Crippen LogP contribution in [0.15, 0.2) is 12.1 Å². The van der Waals surface area contributed by atoms with Crippen LogP contribution in [0, 0.1) is 0 Å². The van der Waals surface area contributed by atoms with Crippen LogP contribution in [0.5, 0.6) is 0 Å². The highest BCUT2D eigenvalue weighted by molar-refractivity contribution is 7.15. The lowest BCUT2D eigenvalue weighted by Crippen LogP contribution is -2.42. The second-order valence-corrected chi connectivity index (χ2v) is 5.50. The van der Waals surface area contributed by atoms with Gasteiger partial charge >= 0.3 is 0 Å². The number of nitrogens with one attached hydrogen (secondary N) is 1. The molecule has 0 fully saturated rings. The molecule has 0 radical (unpaired) electrons. The molecule has 0 unspecified atom stereocenters. The minimum atomic E-state index is -0.211. The van der Waals surface area contributed by atoms with Gasteiger partial charge in [-0.3, -0.25) is 9.59 Å². The SMILES string of the molecule is CCC(C)(C)NC(=O)c1ccc(C(C)=O)s1. The summed E-state index contributed by atoms with van der Waals surface area (Å²) in [6, 6.07) is 3.39. The normalized spacial score (nSPS) is 11.2. The Labute approximate surface area is 99.9 Å². The van der Waals surface area contributed by atoms with E-state index in [-0.39, 0.29) is 17.2 Å². The topological polar surface area (TPSA) is 46.2 Å². The highest BCUT2D eigenvalue weighted by Gasteiger charge is 2.20. The van der Waals surface area contributed by atoms with E-state index in [1.807, 2.05) is 20.8 Å². The van der Waals surface area contributed by atoms with Crippen LogP contribution in [-0.4, -0.2) is 17.2 Å². The molecule has 0 spiro atoms. The maximum absolute atomic E-state index is 11.8. The molecule has 0 aliphatic rings. The van der Waals surface area contributed by atoms with Crippen LogP contribution in [-0.2, 0) is 0 Å². The fraction of sp³-hybridized carbons (Fsp3) is 0.500. The van der Waals surface area contributed by atoms with E-state index < -0.39 is 0 Å². The molecule has 0 aromatic carbocycles. The molecule has 0 saturated heterocycles. The van der Waals surface area contributed by atoms with E-state index in [1.165, 1.54) is 18.3 Å². The lowest BCUT2D eigenvalue weighted by Gasteiger charge is -2.23. The van der Waals surface area contributed by atoms with Crippen molar-refractivity contribution in [1.82, 2.24) is 5.32 Å². The maximum atomic E-state index is 11.8. The van der Waals surface area contributed by atoms with Gasteiger partial charge in [-0.05, 0) is 39.3 Å². The minimum Gasteiger partial charge on any atom is -0.346 e. The average Bonchev–Trinajstić information content (AvgIpc) is 2.66. The van der Waals surface area contributed by atoms with Crippen LogP contribution in [0.3, 0.4) is 0 Å². The van der Waals surface area contributed by atoms with Crippen LogP contribution >= 0.6 is 11.3 Å². The van der Waals surface area contributed by atoms with Crippen LogP contribution in [0.4, 0.5) is 0 Å². The summed E-state index contributed by atoms with van der Waals surface area (Å²) in [5.74, 6) is -0.108. The molecule has 88 valence electrons. The average molecular weight is 239 g/mol. The second-order valence-electron chi connectivity index (χ2n) is 4.41. The Hall–Kier alpha value is -1.16. The standard InChI is InChI=1S/C12H17NO2S/c1-5-12(3,4)13-11(15)10-7-6-9(16-10)8(2)14/h6-7H,5H2,1-4H3,(H,13,15). The van der Waals surface area contributed by atoms with Gasteiger partial charge in [0.2, 0.25) is 0 Å². The van der Waals surface area contributed by atoms with Crippen molar-refractivity contribution in [2.24, 2.45) is 0 Å².